The molecule has 0 unspecified atom stereocenters. The van der Waals surface area contributed by atoms with Crippen LogP contribution in [0.2, 0.25) is 5.02 Å². The number of ether oxygens (including phenoxy) is 2. The van der Waals surface area contributed by atoms with Gasteiger partial charge < -0.3 is 19.7 Å². The van der Waals surface area contributed by atoms with Crippen molar-refractivity contribution in [2.75, 3.05) is 52.3 Å². The highest BCUT2D eigenvalue weighted by Crippen LogP contribution is 2.35. The molecule has 0 aliphatic carbocycles. The number of piperazine rings is 1. The number of methoxy groups -OCH3 is 2. The van der Waals surface area contributed by atoms with Gasteiger partial charge in [-0.1, -0.05) is 25.4 Å². The molecule has 0 bridgehead atoms. The second-order valence-corrected chi connectivity index (χ2v) is 7.40. The summed E-state index contributed by atoms with van der Waals surface area (Å²) in [6.07, 6.45) is 0.568. The molecular weight excluding hydrogens is 370 g/mol. The molecule has 1 saturated heterocycles. The van der Waals surface area contributed by atoms with Gasteiger partial charge in [-0.05, 0) is 5.92 Å². The number of carbonyl (C=O) groups excluding carboxylic acids is 2. The second kappa shape index (κ2) is 9.80. The topological polar surface area (TPSA) is 71.1 Å². The van der Waals surface area contributed by atoms with E-state index in [1.165, 1.54) is 14.2 Å². The minimum Gasteiger partial charge on any atom is -0.495 e. The molecule has 0 spiro atoms. The average molecular weight is 398 g/mol. The minimum absolute atomic E-state index is 0.153. The molecule has 150 valence electrons. The molecule has 1 aromatic carbocycles. The Bertz CT molecular complexity index is 673. The summed E-state index contributed by atoms with van der Waals surface area (Å²) in [7, 11) is 3.03. The van der Waals surface area contributed by atoms with Crippen LogP contribution in [-0.4, -0.2) is 68.6 Å². The van der Waals surface area contributed by atoms with E-state index in [-0.39, 0.29) is 18.4 Å². The first-order valence-corrected chi connectivity index (χ1v) is 9.43. The average Bonchev–Trinajstić information content (AvgIpc) is 2.62. The van der Waals surface area contributed by atoms with Crippen molar-refractivity contribution >= 4 is 29.1 Å². The number of benzene rings is 1. The van der Waals surface area contributed by atoms with Gasteiger partial charge in [0.15, 0.2) is 0 Å². The molecule has 7 nitrogen and oxygen atoms in total. The summed E-state index contributed by atoms with van der Waals surface area (Å²) >= 11 is 6.08. The van der Waals surface area contributed by atoms with Crippen molar-refractivity contribution in [1.29, 1.82) is 0 Å². The first-order chi connectivity index (χ1) is 12.8. The van der Waals surface area contributed by atoms with Crippen LogP contribution in [-0.2, 0) is 9.59 Å². The Morgan fingerprint density at radius 3 is 2.30 bits per heavy atom. The SMILES string of the molecule is COc1cc(NC(=O)CN2CCN(C(=O)CC(C)C)CC2)c(OC)cc1Cl. The number of nitrogens with zero attached hydrogens (tertiary/aromatic N) is 2. The summed E-state index contributed by atoms with van der Waals surface area (Å²) < 4.78 is 10.5. The van der Waals surface area contributed by atoms with E-state index < -0.39 is 0 Å². The van der Waals surface area contributed by atoms with E-state index in [1.54, 1.807) is 12.1 Å². The predicted molar refractivity (Wildman–Crippen MR) is 106 cm³/mol. The molecule has 1 aliphatic heterocycles. The highest BCUT2D eigenvalue weighted by Gasteiger charge is 2.23. The van der Waals surface area contributed by atoms with Crippen molar-refractivity contribution < 1.29 is 19.1 Å². The van der Waals surface area contributed by atoms with Crippen LogP contribution in [0.15, 0.2) is 12.1 Å². The summed E-state index contributed by atoms with van der Waals surface area (Å²) in [5.74, 6) is 1.32. The number of carbonyl (C=O) groups is 2. The lowest BCUT2D eigenvalue weighted by Crippen LogP contribution is -2.50. The quantitative estimate of drug-likeness (QED) is 0.765. The van der Waals surface area contributed by atoms with Gasteiger partial charge in [0.05, 0.1) is 31.5 Å². The maximum atomic E-state index is 12.4. The van der Waals surface area contributed by atoms with Crippen LogP contribution >= 0.6 is 11.6 Å². The van der Waals surface area contributed by atoms with Crippen molar-refractivity contribution in [2.45, 2.75) is 20.3 Å². The molecule has 0 radical (unpaired) electrons. The van der Waals surface area contributed by atoms with Gasteiger partial charge in [-0.25, -0.2) is 0 Å². The summed E-state index contributed by atoms with van der Waals surface area (Å²) in [6.45, 7) is 6.99. The molecular formula is C19H28ClN3O4. The number of halogens is 1. The smallest absolute Gasteiger partial charge is 0.238 e. The number of rotatable bonds is 7. The molecule has 1 aromatic rings. The van der Waals surface area contributed by atoms with Gasteiger partial charge in [0.2, 0.25) is 11.8 Å². The van der Waals surface area contributed by atoms with Gasteiger partial charge in [-0.2, -0.15) is 0 Å². The lowest BCUT2D eigenvalue weighted by Gasteiger charge is -2.34. The number of hydrogen-bond acceptors (Lipinski definition) is 5. The van der Waals surface area contributed by atoms with Crippen LogP contribution in [0.5, 0.6) is 11.5 Å². The highest BCUT2D eigenvalue weighted by atomic mass is 35.5. The lowest BCUT2D eigenvalue weighted by molar-refractivity contribution is -0.133. The molecule has 27 heavy (non-hydrogen) atoms. The fourth-order valence-electron chi connectivity index (χ4n) is 2.98. The third-order valence-electron chi connectivity index (χ3n) is 4.42. The van der Waals surface area contributed by atoms with E-state index in [0.29, 0.717) is 60.7 Å². The zero-order valence-corrected chi connectivity index (χ0v) is 17.1. The number of hydrogen-bond donors (Lipinski definition) is 1. The summed E-state index contributed by atoms with van der Waals surface area (Å²) in [4.78, 5) is 28.5. The van der Waals surface area contributed by atoms with Crippen LogP contribution in [0.4, 0.5) is 5.69 Å². The number of amides is 2. The Hall–Kier alpha value is -1.99. The van der Waals surface area contributed by atoms with E-state index in [4.69, 9.17) is 21.1 Å². The Morgan fingerprint density at radius 1 is 1.11 bits per heavy atom. The molecule has 1 fully saturated rings. The van der Waals surface area contributed by atoms with Gasteiger partial charge >= 0.3 is 0 Å². The van der Waals surface area contributed by atoms with Crippen molar-refractivity contribution in [2.24, 2.45) is 5.92 Å². The monoisotopic (exact) mass is 397 g/mol. The van der Waals surface area contributed by atoms with Crippen LogP contribution < -0.4 is 14.8 Å². The highest BCUT2D eigenvalue weighted by molar-refractivity contribution is 6.32. The van der Waals surface area contributed by atoms with E-state index in [9.17, 15) is 9.59 Å². The summed E-state index contributed by atoms with van der Waals surface area (Å²) in [6, 6.07) is 3.25. The third kappa shape index (κ3) is 6.01. The van der Waals surface area contributed by atoms with Crippen molar-refractivity contribution in [3.05, 3.63) is 17.2 Å². The van der Waals surface area contributed by atoms with E-state index in [1.807, 2.05) is 23.6 Å². The van der Waals surface area contributed by atoms with Crippen LogP contribution in [0, 0.1) is 5.92 Å². The summed E-state index contributed by atoms with van der Waals surface area (Å²) in [5, 5.41) is 3.26. The standard InChI is InChI=1S/C19H28ClN3O4/c1-13(2)9-19(25)23-7-5-22(6-8-23)12-18(24)21-15-11-16(26-3)14(20)10-17(15)27-4/h10-11,13H,5-9,12H2,1-4H3,(H,21,24). The molecule has 1 aliphatic rings. The van der Waals surface area contributed by atoms with E-state index in [2.05, 4.69) is 5.32 Å². The Labute approximate surface area is 165 Å². The zero-order valence-electron chi connectivity index (χ0n) is 16.4. The maximum Gasteiger partial charge on any atom is 0.238 e. The summed E-state index contributed by atoms with van der Waals surface area (Å²) in [5.41, 5.74) is 0.509. The second-order valence-electron chi connectivity index (χ2n) is 6.99. The van der Waals surface area contributed by atoms with Crippen molar-refractivity contribution in [3.63, 3.8) is 0 Å². The van der Waals surface area contributed by atoms with E-state index >= 15 is 0 Å². The van der Waals surface area contributed by atoms with Crippen LogP contribution in [0.1, 0.15) is 20.3 Å². The van der Waals surface area contributed by atoms with Gasteiger partial charge in [-0.15, -0.1) is 0 Å². The minimum atomic E-state index is -0.153. The zero-order chi connectivity index (χ0) is 20.0. The van der Waals surface area contributed by atoms with Gasteiger partial charge in [0.1, 0.15) is 11.5 Å². The number of anilines is 1. The van der Waals surface area contributed by atoms with Crippen molar-refractivity contribution in [3.8, 4) is 11.5 Å². The third-order valence-corrected chi connectivity index (χ3v) is 4.72. The lowest BCUT2D eigenvalue weighted by atomic mass is 10.1. The van der Waals surface area contributed by atoms with Gasteiger partial charge in [-0.3, -0.25) is 14.5 Å². The van der Waals surface area contributed by atoms with Crippen LogP contribution in [0.3, 0.4) is 0 Å². The Kier molecular flexibility index (Phi) is 7.74. The molecule has 1 heterocycles. The van der Waals surface area contributed by atoms with Crippen LogP contribution in [0.25, 0.3) is 0 Å². The van der Waals surface area contributed by atoms with Gasteiger partial charge in [0.25, 0.3) is 0 Å². The van der Waals surface area contributed by atoms with E-state index in [0.717, 1.165) is 0 Å². The molecule has 0 saturated carbocycles. The largest absolute Gasteiger partial charge is 0.495 e. The Balaban J connectivity index is 1.89. The first kappa shape index (κ1) is 21.3. The molecule has 2 amide bonds. The molecule has 1 N–H and O–H groups in total. The fraction of sp³-hybridized carbons (Fsp3) is 0.579. The number of nitrogens with one attached hydrogen (secondary N) is 1. The van der Waals surface area contributed by atoms with Crippen molar-refractivity contribution in [1.82, 2.24) is 9.80 Å². The Morgan fingerprint density at radius 2 is 1.74 bits per heavy atom. The predicted octanol–water partition coefficient (Wildman–Crippen LogP) is 2.49. The molecule has 8 heteroatoms. The molecule has 0 aromatic heterocycles. The first-order valence-electron chi connectivity index (χ1n) is 9.05. The van der Waals surface area contributed by atoms with Gasteiger partial charge in [0, 0.05) is 44.7 Å². The fourth-order valence-corrected chi connectivity index (χ4v) is 3.22. The normalized spacial score (nSPS) is 15.0. The molecule has 0 atom stereocenters. The maximum absolute atomic E-state index is 12.4. The molecule has 2 rings (SSSR count).